The molecular formula is C10H19ClN4O. The van der Waals surface area contributed by atoms with Gasteiger partial charge in [0.05, 0.1) is 6.54 Å². The summed E-state index contributed by atoms with van der Waals surface area (Å²) in [5.41, 5.74) is 5.82. The first-order chi connectivity index (χ1) is 7.28. The van der Waals surface area contributed by atoms with E-state index in [0.29, 0.717) is 11.9 Å². The summed E-state index contributed by atoms with van der Waals surface area (Å²) in [6.07, 6.45) is 3.01. The summed E-state index contributed by atoms with van der Waals surface area (Å²) in [6.45, 7) is 4.82. The van der Waals surface area contributed by atoms with Gasteiger partial charge in [-0.05, 0) is 12.8 Å². The predicted molar refractivity (Wildman–Crippen MR) is 63.4 cm³/mol. The van der Waals surface area contributed by atoms with Crippen LogP contribution < -0.4 is 5.73 Å². The molecule has 1 aromatic heterocycles. The quantitative estimate of drug-likeness (QED) is 0.858. The third kappa shape index (κ3) is 3.43. The lowest BCUT2D eigenvalue weighted by Gasteiger charge is -2.10. The van der Waals surface area contributed by atoms with E-state index in [-0.39, 0.29) is 12.4 Å². The van der Waals surface area contributed by atoms with E-state index in [1.165, 1.54) is 0 Å². The molecule has 92 valence electrons. The zero-order chi connectivity index (χ0) is 10.7. The van der Waals surface area contributed by atoms with Gasteiger partial charge in [0.25, 0.3) is 0 Å². The van der Waals surface area contributed by atoms with Crippen molar-refractivity contribution in [2.24, 2.45) is 5.73 Å². The van der Waals surface area contributed by atoms with E-state index in [2.05, 4.69) is 22.0 Å². The van der Waals surface area contributed by atoms with Crippen LogP contribution in [0.2, 0.25) is 0 Å². The van der Waals surface area contributed by atoms with Gasteiger partial charge in [-0.25, -0.2) is 0 Å². The van der Waals surface area contributed by atoms with Crippen molar-refractivity contribution in [2.75, 3.05) is 13.1 Å². The maximum Gasteiger partial charge on any atom is 0.240 e. The summed E-state index contributed by atoms with van der Waals surface area (Å²) < 4.78 is 5.17. The molecule has 16 heavy (non-hydrogen) atoms. The largest absolute Gasteiger partial charge is 0.338 e. The summed E-state index contributed by atoms with van der Waals surface area (Å²) in [7, 11) is 0. The van der Waals surface area contributed by atoms with E-state index in [1.54, 1.807) is 0 Å². The van der Waals surface area contributed by atoms with Gasteiger partial charge >= 0.3 is 0 Å². The molecule has 0 spiro atoms. The lowest BCUT2D eigenvalue weighted by molar-refractivity contribution is 0.265. The molecular weight excluding hydrogens is 228 g/mol. The summed E-state index contributed by atoms with van der Waals surface area (Å²) in [5.74, 6) is 1.53. The van der Waals surface area contributed by atoms with Gasteiger partial charge in [0.1, 0.15) is 0 Å². The normalized spacial score (nSPS) is 21.0. The highest BCUT2D eigenvalue weighted by Gasteiger charge is 2.20. The van der Waals surface area contributed by atoms with Crippen molar-refractivity contribution >= 4 is 12.4 Å². The third-order valence-electron chi connectivity index (χ3n) is 2.65. The second-order valence-corrected chi connectivity index (χ2v) is 4.14. The summed E-state index contributed by atoms with van der Waals surface area (Å²) in [4.78, 5) is 6.59. The first-order valence-corrected chi connectivity index (χ1v) is 5.57. The van der Waals surface area contributed by atoms with Gasteiger partial charge in [-0.3, -0.25) is 4.90 Å². The van der Waals surface area contributed by atoms with Crippen LogP contribution in [0.25, 0.3) is 0 Å². The molecule has 1 saturated heterocycles. The Labute approximate surface area is 102 Å². The van der Waals surface area contributed by atoms with E-state index >= 15 is 0 Å². The monoisotopic (exact) mass is 246 g/mol. The van der Waals surface area contributed by atoms with Gasteiger partial charge in [0.15, 0.2) is 5.82 Å². The van der Waals surface area contributed by atoms with Crippen LogP contribution in [0.5, 0.6) is 0 Å². The average Bonchev–Trinajstić information content (AvgIpc) is 2.78. The van der Waals surface area contributed by atoms with Gasteiger partial charge < -0.3 is 10.3 Å². The second-order valence-electron chi connectivity index (χ2n) is 4.14. The van der Waals surface area contributed by atoms with Crippen LogP contribution in [0.15, 0.2) is 4.52 Å². The predicted octanol–water partition coefficient (Wildman–Crippen LogP) is 0.977. The Kier molecular flexibility index (Phi) is 5.18. The average molecular weight is 247 g/mol. The van der Waals surface area contributed by atoms with Crippen molar-refractivity contribution in [3.05, 3.63) is 11.7 Å². The topological polar surface area (TPSA) is 68.2 Å². The van der Waals surface area contributed by atoms with Crippen LogP contribution in [-0.2, 0) is 13.0 Å². The number of nitrogens with two attached hydrogens (primary N) is 1. The molecule has 6 heteroatoms. The molecule has 1 aliphatic heterocycles. The molecule has 5 nitrogen and oxygen atoms in total. The Bertz CT molecular complexity index is 318. The number of rotatable bonds is 4. The fourth-order valence-corrected chi connectivity index (χ4v) is 1.88. The van der Waals surface area contributed by atoms with Crippen molar-refractivity contribution in [3.63, 3.8) is 0 Å². The maximum atomic E-state index is 5.82. The SMILES string of the molecule is CCCc1noc(CN2CC[C@H](N)C2)n1.Cl. The van der Waals surface area contributed by atoms with Crippen molar-refractivity contribution in [1.82, 2.24) is 15.0 Å². The molecule has 0 amide bonds. The number of likely N-dealkylation sites (tertiary alicyclic amines) is 1. The zero-order valence-corrected chi connectivity index (χ0v) is 10.4. The van der Waals surface area contributed by atoms with Crippen LogP contribution in [0.4, 0.5) is 0 Å². The molecule has 0 aliphatic carbocycles. The Balaban J connectivity index is 0.00000128. The lowest BCUT2D eigenvalue weighted by Crippen LogP contribution is -2.26. The minimum absolute atomic E-state index is 0. The number of nitrogens with zero attached hydrogens (tertiary/aromatic N) is 3. The minimum Gasteiger partial charge on any atom is -0.338 e. The zero-order valence-electron chi connectivity index (χ0n) is 9.56. The Hall–Kier alpha value is -0.650. The van der Waals surface area contributed by atoms with Crippen molar-refractivity contribution in [1.29, 1.82) is 0 Å². The molecule has 1 atom stereocenters. The van der Waals surface area contributed by atoms with Crippen LogP contribution >= 0.6 is 12.4 Å². The summed E-state index contributed by atoms with van der Waals surface area (Å²) in [6, 6.07) is 0.308. The summed E-state index contributed by atoms with van der Waals surface area (Å²) >= 11 is 0. The van der Waals surface area contributed by atoms with Crippen LogP contribution in [-0.4, -0.2) is 34.2 Å². The second kappa shape index (κ2) is 6.18. The molecule has 0 radical (unpaired) electrons. The molecule has 2 heterocycles. The standard InChI is InChI=1S/C10H18N4O.ClH/c1-2-3-9-12-10(15-13-9)7-14-5-4-8(11)6-14;/h8H,2-7,11H2,1H3;1H/t8-;/m0./s1. The first kappa shape index (κ1) is 13.4. The number of aryl methyl sites for hydroxylation is 1. The van der Waals surface area contributed by atoms with Gasteiger partial charge in [0.2, 0.25) is 5.89 Å². The third-order valence-corrected chi connectivity index (χ3v) is 2.65. The molecule has 2 N–H and O–H groups in total. The lowest BCUT2D eigenvalue weighted by atomic mass is 10.3. The molecule has 0 unspecified atom stereocenters. The van der Waals surface area contributed by atoms with Crippen molar-refractivity contribution < 1.29 is 4.52 Å². The number of halogens is 1. The van der Waals surface area contributed by atoms with Gasteiger partial charge in [-0.2, -0.15) is 4.98 Å². The highest BCUT2D eigenvalue weighted by atomic mass is 35.5. The van der Waals surface area contributed by atoms with Crippen molar-refractivity contribution in [3.8, 4) is 0 Å². The Morgan fingerprint density at radius 1 is 1.56 bits per heavy atom. The highest BCUT2D eigenvalue weighted by molar-refractivity contribution is 5.85. The van der Waals surface area contributed by atoms with E-state index in [9.17, 15) is 0 Å². The smallest absolute Gasteiger partial charge is 0.240 e. The molecule has 0 aromatic carbocycles. The van der Waals surface area contributed by atoms with Gasteiger partial charge in [-0.15, -0.1) is 12.4 Å². The molecule has 1 aliphatic rings. The minimum atomic E-state index is 0. The molecule has 0 bridgehead atoms. The highest BCUT2D eigenvalue weighted by Crippen LogP contribution is 2.11. The van der Waals surface area contributed by atoms with Crippen LogP contribution in [0.3, 0.4) is 0 Å². The van der Waals surface area contributed by atoms with E-state index < -0.39 is 0 Å². The van der Waals surface area contributed by atoms with Crippen molar-refractivity contribution in [2.45, 2.75) is 38.8 Å². The molecule has 0 saturated carbocycles. The molecule has 2 rings (SSSR count). The van der Waals surface area contributed by atoms with Crippen LogP contribution in [0.1, 0.15) is 31.5 Å². The summed E-state index contributed by atoms with van der Waals surface area (Å²) in [5, 5.41) is 3.92. The van der Waals surface area contributed by atoms with Gasteiger partial charge in [0, 0.05) is 25.6 Å². The van der Waals surface area contributed by atoms with E-state index in [4.69, 9.17) is 10.3 Å². The Morgan fingerprint density at radius 3 is 3.00 bits per heavy atom. The molecule has 1 aromatic rings. The number of hydrogen-bond donors (Lipinski definition) is 1. The van der Waals surface area contributed by atoms with E-state index in [0.717, 1.165) is 44.7 Å². The van der Waals surface area contributed by atoms with E-state index in [1.807, 2.05) is 0 Å². The molecule has 1 fully saturated rings. The first-order valence-electron chi connectivity index (χ1n) is 5.57. The fourth-order valence-electron chi connectivity index (χ4n) is 1.88. The number of hydrogen-bond acceptors (Lipinski definition) is 5. The van der Waals surface area contributed by atoms with Crippen LogP contribution in [0, 0.1) is 0 Å². The fraction of sp³-hybridized carbons (Fsp3) is 0.800. The van der Waals surface area contributed by atoms with Gasteiger partial charge in [-0.1, -0.05) is 12.1 Å². The number of aromatic nitrogens is 2. The Morgan fingerprint density at radius 2 is 2.38 bits per heavy atom. The maximum absolute atomic E-state index is 5.82.